The summed E-state index contributed by atoms with van der Waals surface area (Å²) in [5.41, 5.74) is 1.42. The minimum atomic E-state index is -3.21. The number of aromatic amines is 1. The van der Waals surface area contributed by atoms with Crippen molar-refractivity contribution in [3.8, 4) is 0 Å². The summed E-state index contributed by atoms with van der Waals surface area (Å²) >= 11 is 6.06. The molecule has 2 aromatic rings. The van der Waals surface area contributed by atoms with E-state index in [0.29, 0.717) is 42.4 Å². The molecule has 0 aliphatic carbocycles. The lowest BCUT2D eigenvalue weighted by atomic mass is 10.1. The van der Waals surface area contributed by atoms with Crippen LogP contribution in [0.3, 0.4) is 0 Å². The van der Waals surface area contributed by atoms with Crippen molar-refractivity contribution in [1.82, 2.24) is 24.9 Å². The second kappa shape index (κ2) is 7.92. The Morgan fingerprint density at radius 2 is 2.17 bits per heavy atom. The lowest BCUT2D eigenvalue weighted by molar-refractivity contribution is 0.419. The molecule has 0 saturated carbocycles. The van der Waals surface area contributed by atoms with Crippen LogP contribution in [-0.2, 0) is 10.0 Å². The molecular weight excluding hydrogens is 419 g/mol. The highest BCUT2D eigenvalue weighted by molar-refractivity contribution is 7.88. The van der Waals surface area contributed by atoms with Crippen LogP contribution in [0.1, 0.15) is 24.8 Å². The molecule has 0 bridgehead atoms. The van der Waals surface area contributed by atoms with Gasteiger partial charge in [-0.15, -0.1) is 0 Å². The molecular formula is C18H22ClFN6O2S. The molecule has 1 atom stereocenters. The molecule has 1 unspecified atom stereocenters. The Kier molecular flexibility index (Phi) is 5.50. The summed E-state index contributed by atoms with van der Waals surface area (Å²) in [6, 6.07) is 1.75. The third-order valence-corrected chi connectivity index (χ3v) is 6.66. The third-order valence-electron chi connectivity index (χ3n) is 5.15. The van der Waals surface area contributed by atoms with Crippen LogP contribution < -0.4 is 10.6 Å². The SMILES string of the molecule is CS(=O)(=O)N1CCCC(NC2=C(F)CN=C(c3c[nH]c4ncc(Cl)cc34)N2)CC1. The maximum absolute atomic E-state index is 14.5. The van der Waals surface area contributed by atoms with E-state index in [0.717, 1.165) is 17.4 Å². The van der Waals surface area contributed by atoms with Gasteiger partial charge in [0.25, 0.3) is 0 Å². The summed E-state index contributed by atoms with van der Waals surface area (Å²) in [7, 11) is -3.21. The summed E-state index contributed by atoms with van der Waals surface area (Å²) in [6.45, 7) is 0.828. The average Bonchev–Trinajstić information content (AvgIpc) is 2.92. The zero-order chi connectivity index (χ0) is 20.6. The van der Waals surface area contributed by atoms with E-state index in [4.69, 9.17) is 11.6 Å². The fourth-order valence-corrected chi connectivity index (χ4v) is 4.70. The normalized spacial score (nSPS) is 21.6. The highest BCUT2D eigenvalue weighted by Gasteiger charge is 2.25. The van der Waals surface area contributed by atoms with Crippen molar-refractivity contribution in [2.45, 2.75) is 25.3 Å². The van der Waals surface area contributed by atoms with E-state index in [1.807, 2.05) is 0 Å². The Morgan fingerprint density at radius 3 is 2.97 bits per heavy atom. The van der Waals surface area contributed by atoms with Gasteiger partial charge < -0.3 is 15.6 Å². The molecule has 8 nitrogen and oxygen atoms in total. The number of amidine groups is 1. The lowest BCUT2D eigenvalue weighted by Crippen LogP contribution is -2.41. The Morgan fingerprint density at radius 1 is 1.34 bits per heavy atom. The first-order valence-electron chi connectivity index (χ1n) is 9.36. The maximum Gasteiger partial charge on any atom is 0.211 e. The average molecular weight is 441 g/mol. The Hall–Kier alpha value is -2.17. The summed E-state index contributed by atoms with van der Waals surface area (Å²) in [4.78, 5) is 11.6. The lowest BCUT2D eigenvalue weighted by Gasteiger charge is -2.24. The number of rotatable bonds is 4. The number of nitrogens with one attached hydrogen (secondary N) is 3. The van der Waals surface area contributed by atoms with Gasteiger partial charge in [-0.25, -0.2) is 22.1 Å². The van der Waals surface area contributed by atoms with Gasteiger partial charge in [0.1, 0.15) is 17.3 Å². The van der Waals surface area contributed by atoms with Crippen molar-refractivity contribution >= 4 is 38.5 Å². The van der Waals surface area contributed by atoms with Gasteiger partial charge in [-0.3, -0.25) is 4.99 Å². The van der Waals surface area contributed by atoms with E-state index in [2.05, 4.69) is 25.6 Å². The first-order valence-corrected chi connectivity index (χ1v) is 11.6. The number of hydrogen-bond acceptors (Lipinski definition) is 6. The molecule has 1 fully saturated rings. The zero-order valence-corrected chi connectivity index (χ0v) is 17.4. The molecule has 4 heterocycles. The van der Waals surface area contributed by atoms with Gasteiger partial charge in [-0.05, 0) is 25.3 Å². The van der Waals surface area contributed by atoms with Crippen molar-refractivity contribution in [1.29, 1.82) is 0 Å². The molecule has 1 saturated heterocycles. The molecule has 156 valence electrons. The summed E-state index contributed by atoms with van der Waals surface area (Å²) in [5, 5.41) is 7.56. The van der Waals surface area contributed by atoms with Crippen molar-refractivity contribution < 1.29 is 12.8 Å². The number of sulfonamides is 1. The first-order chi connectivity index (χ1) is 13.8. The number of hydrogen-bond donors (Lipinski definition) is 3. The predicted octanol–water partition coefficient (Wildman–Crippen LogP) is 2.11. The van der Waals surface area contributed by atoms with E-state index in [1.54, 1.807) is 18.5 Å². The number of H-pyrrole nitrogens is 1. The first kappa shape index (κ1) is 20.1. The summed E-state index contributed by atoms with van der Waals surface area (Å²) in [5.74, 6) is 0.418. The molecule has 2 aliphatic rings. The number of aromatic nitrogens is 2. The molecule has 0 amide bonds. The summed E-state index contributed by atoms with van der Waals surface area (Å²) in [6.07, 6.45) is 6.60. The second-order valence-electron chi connectivity index (χ2n) is 7.26. The molecule has 0 aromatic carbocycles. The number of aliphatic imine (C=N–C) groups is 1. The molecule has 29 heavy (non-hydrogen) atoms. The highest BCUT2D eigenvalue weighted by atomic mass is 35.5. The smallest absolute Gasteiger partial charge is 0.211 e. The van der Waals surface area contributed by atoms with Gasteiger partial charge >= 0.3 is 0 Å². The van der Waals surface area contributed by atoms with Crippen LogP contribution in [0.5, 0.6) is 0 Å². The quantitative estimate of drug-likeness (QED) is 0.675. The van der Waals surface area contributed by atoms with Gasteiger partial charge in [0.2, 0.25) is 10.0 Å². The van der Waals surface area contributed by atoms with Crippen LogP contribution in [-0.4, -0.2) is 60.5 Å². The Balaban J connectivity index is 1.48. The molecule has 4 rings (SSSR count). The number of nitrogens with zero attached hydrogens (tertiary/aromatic N) is 3. The molecule has 2 aromatic heterocycles. The van der Waals surface area contributed by atoms with Gasteiger partial charge in [0.05, 0.1) is 17.8 Å². The molecule has 0 radical (unpaired) electrons. The summed E-state index contributed by atoms with van der Waals surface area (Å²) < 4.78 is 39.5. The van der Waals surface area contributed by atoms with E-state index in [1.165, 1.54) is 10.6 Å². The van der Waals surface area contributed by atoms with Crippen LogP contribution in [0.25, 0.3) is 11.0 Å². The van der Waals surface area contributed by atoms with Crippen LogP contribution in [0.2, 0.25) is 5.02 Å². The van der Waals surface area contributed by atoms with Crippen molar-refractivity contribution in [3.63, 3.8) is 0 Å². The molecule has 11 heteroatoms. The topological polar surface area (TPSA) is 102 Å². The monoisotopic (exact) mass is 440 g/mol. The molecule has 3 N–H and O–H groups in total. The minimum absolute atomic E-state index is 0.0339. The zero-order valence-electron chi connectivity index (χ0n) is 15.9. The van der Waals surface area contributed by atoms with Gasteiger partial charge in [0.15, 0.2) is 5.83 Å². The maximum atomic E-state index is 14.5. The second-order valence-corrected chi connectivity index (χ2v) is 9.67. The van der Waals surface area contributed by atoms with E-state index < -0.39 is 10.0 Å². The largest absolute Gasteiger partial charge is 0.367 e. The van der Waals surface area contributed by atoms with Crippen LogP contribution in [0.4, 0.5) is 4.39 Å². The van der Waals surface area contributed by atoms with E-state index in [9.17, 15) is 12.8 Å². The highest BCUT2D eigenvalue weighted by Crippen LogP contribution is 2.23. The van der Waals surface area contributed by atoms with Crippen molar-refractivity contribution in [2.75, 3.05) is 25.9 Å². The third kappa shape index (κ3) is 4.39. The molecule has 2 aliphatic heterocycles. The predicted molar refractivity (Wildman–Crippen MR) is 111 cm³/mol. The van der Waals surface area contributed by atoms with Crippen LogP contribution in [0, 0.1) is 0 Å². The Labute approximate surface area is 173 Å². The van der Waals surface area contributed by atoms with E-state index in [-0.39, 0.29) is 24.2 Å². The van der Waals surface area contributed by atoms with Crippen molar-refractivity contribution in [3.05, 3.63) is 40.7 Å². The number of pyridine rings is 1. The van der Waals surface area contributed by atoms with Gasteiger partial charge in [-0.1, -0.05) is 11.6 Å². The number of fused-ring (bicyclic) bond motifs is 1. The minimum Gasteiger partial charge on any atom is -0.367 e. The fourth-order valence-electron chi connectivity index (χ4n) is 3.64. The van der Waals surface area contributed by atoms with Crippen molar-refractivity contribution in [2.24, 2.45) is 4.99 Å². The molecule has 0 spiro atoms. The number of halogens is 2. The Bertz CT molecular complexity index is 1100. The van der Waals surface area contributed by atoms with Gasteiger partial charge in [-0.2, -0.15) is 0 Å². The fraction of sp³-hybridized carbons (Fsp3) is 0.444. The van der Waals surface area contributed by atoms with Gasteiger partial charge in [0, 0.05) is 42.5 Å². The van der Waals surface area contributed by atoms with Crippen LogP contribution in [0.15, 0.2) is 35.1 Å². The standard InChI is InChI=1S/C18H22ClFN6O2S/c1-29(27,28)26-5-2-3-12(4-6-26)24-18-15(20)10-23-17(25-18)14-9-22-16-13(14)7-11(19)8-21-16/h7-9,12,24H,2-6,10H2,1H3,(H,21,22)(H,23,25). The van der Waals surface area contributed by atoms with Crippen LogP contribution >= 0.6 is 11.6 Å². The van der Waals surface area contributed by atoms with E-state index >= 15 is 0 Å².